The largest absolute Gasteiger partial charge is 0.495 e. The molecule has 1 fully saturated rings. The Morgan fingerprint density at radius 2 is 1.29 bits per heavy atom. The Morgan fingerprint density at radius 3 is 2.00 bits per heavy atom. The molecular weight excluding hydrogens is 540 g/mol. The molecule has 1 saturated heterocycles. The molecule has 0 aliphatic carbocycles. The van der Waals surface area contributed by atoms with Gasteiger partial charge in [-0.2, -0.15) is 4.31 Å². The van der Waals surface area contributed by atoms with Crippen molar-refractivity contribution >= 4 is 38.9 Å². The highest BCUT2D eigenvalue weighted by molar-refractivity contribution is 7.89. The number of hydrogen-bond acceptors (Lipinski definition) is 6. The first-order valence-electron chi connectivity index (χ1n) is 13.1. The lowest BCUT2D eigenvalue weighted by atomic mass is 10.1. The minimum Gasteiger partial charge on any atom is -0.495 e. The van der Waals surface area contributed by atoms with Gasteiger partial charge in [0, 0.05) is 48.7 Å². The van der Waals surface area contributed by atoms with Crippen LogP contribution >= 0.6 is 0 Å². The van der Waals surface area contributed by atoms with E-state index in [1.165, 1.54) is 16.4 Å². The molecular formula is C31H30N4O5S. The first-order valence-corrected chi connectivity index (χ1v) is 14.6. The smallest absolute Gasteiger partial charge is 0.255 e. The summed E-state index contributed by atoms with van der Waals surface area (Å²) < 4.78 is 33.5. The molecule has 0 radical (unpaired) electrons. The summed E-state index contributed by atoms with van der Waals surface area (Å²) in [7, 11) is -2.08. The molecule has 1 heterocycles. The zero-order chi connectivity index (χ0) is 28.8. The summed E-state index contributed by atoms with van der Waals surface area (Å²) in [6, 6.07) is 29.2. The second-order valence-corrected chi connectivity index (χ2v) is 11.4. The number of methoxy groups -OCH3 is 1. The number of nitrogens with zero attached hydrogens (tertiary/aromatic N) is 2. The highest BCUT2D eigenvalue weighted by Gasteiger charge is 2.29. The number of benzene rings is 4. The average molecular weight is 571 g/mol. The van der Waals surface area contributed by atoms with Crippen LogP contribution < -0.4 is 20.3 Å². The molecule has 210 valence electrons. The fourth-order valence-corrected chi connectivity index (χ4v) is 6.08. The first-order chi connectivity index (χ1) is 19.8. The number of sulfonamides is 1. The van der Waals surface area contributed by atoms with Crippen molar-refractivity contribution in [2.24, 2.45) is 0 Å². The summed E-state index contributed by atoms with van der Waals surface area (Å²) in [5, 5.41) is 5.58. The standard InChI is InChI=1S/C31H30N4O5S/c1-40-29-13-6-5-12-28(29)34-18-20-35(21-19-34)41(38,39)27-16-14-25(15-17-27)32-31(37)24-10-7-11-26(22-24)33-30(36)23-8-3-2-4-9-23/h2-17,22H,18-21H2,1H3,(H,32,37)(H,33,36). The highest BCUT2D eigenvalue weighted by Crippen LogP contribution is 2.29. The lowest BCUT2D eigenvalue weighted by molar-refractivity contribution is 0.101. The van der Waals surface area contributed by atoms with E-state index in [1.807, 2.05) is 30.3 Å². The summed E-state index contributed by atoms with van der Waals surface area (Å²) in [5.41, 5.74) is 2.74. The number of carbonyl (C=O) groups is 2. The molecule has 4 aromatic rings. The van der Waals surface area contributed by atoms with Crippen LogP contribution in [-0.2, 0) is 10.0 Å². The molecule has 10 heteroatoms. The normalized spacial score (nSPS) is 13.8. The molecule has 0 spiro atoms. The molecule has 0 aromatic heterocycles. The van der Waals surface area contributed by atoms with E-state index in [0.717, 1.165) is 11.4 Å². The molecule has 0 saturated carbocycles. The summed E-state index contributed by atoms with van der Waals surface area (Å²) in [6.07, 6.45) is 0. The maximum atomic E-state index is 13.3. The summed E-state index contributed by atoms with van der Waals surface area (Å²) in [4.78, 5) is 27.6. The molecule has 9 nitrogen and oxygen atoms in total. The summed E-state index contributed by atoms with van der Waals surface area (Å²) in [6.45, 7) is 1.77. The molecule has 2 amide bonds. The lowest BCUT2D eigenvalue weighted by Crippen LogP contribution is -2.48. The van der Waals surface area contributed by atoms with Crippen LogP contribution in [0.5, 0.6) is 5.75 Å². The molecule has 1 aliphatic heterocycles. The number of piperazine rings is 1. The van der Waals surface area contributed by atoms with Crippen LogP contribution in [0.4, 0.5) is 17.1 Å². The first kappa shape index (κ1) is 27.9. The van der Waals surface area contributed by atoms with Crippen molar-refractivity contribution in [1.29, 1.82) is 0 Å². The van der Waals surface area contributed by atoms with Crippen molar-refractivity contribution in [1.82, 2.24) is 4.31 Å². The maximum absolute atomic E-state index is 13.3. The number of ether oxygens (including phenoxy) is 1. The van der Waals surface area contributed by atoms with E-state index in [4.69, 9.17) is 4.74 Å². The number of nitrogens with one attached hydrogen (secondary N) is 2. The van der Waals surface area contributed by atoms with Gasteiger partial charge in [0.2, 0.25) is 10.0 Å². The predicted octanol–water partition coefficient (Wildman–Crippen LogP) is 4.71. The Kier molecular flexibility index (Phi) is 8.32. The summed E-state index contributed by atoms with van der Waals surface area (Å²) >= 11 is 0. The second kappa shape index (κ2) is 12.2. The van der Waals surface area contributed by atoms with Crippen molar-refractivity contribution in [3.8, 4) is 5.75 Å². The number of para-hydroxylation sites is 2. The maximum Gasteiger partial charge on any atom is 0.255 e. The van der Waals surface area contributed by atoms with E-state index in [2.05, 4.69) is 15.5 Å². The van der Waals surface area contributed by atoms with Crippen molar-refractivity contribution in [2.75, 3.05) is 48.8 Å². The zero-order valence-electron chi connectivity index (χ0n) is 22.5. The Morgan fingerprint density at radius 1 is 0.683 bits per heavy atom. The number of amides is 2. The third-order valence-corrected chi connectivity index (χ3v) is 8.75. The van der Waals surface area contributed by atoms with Gasteiger partial charge < -0.3 is 20.3 Å². The Hall–Kier alpha value is -4.67. The van der Waals surface area contributed by atoms with E-state index < -0.39 is 10.0 Å². The van der Waals surface area contributed by atoms with E-state index >= 15 is 0 Å². The van der Waals surface area contributed by atoms with Crippen molar-refractivity contribution in [2.45, 2.75) is 4.90 Å². The van der Waals surface area contributed by atoms with Crippen LogP contribution in [0.3, 0.4) is 0 Å². The Balaban J connectivity index is 1.20. The number of carbonyl (C=O) groups excluding carboxylic acids is 2. The van der Waals surface area contributed by atoms with Crippen LogP contribution in [-0.4, -0.2) is 57.8 Å². The van der Waals surface area contributed by atoms with E-state index in [1.54, 1.807) is 67.8 Å². The van der Waals surface area contributed by atoms with Gasteiger partial charge in [-0.15, -0.1) is 0 Å². The van der Waals surface area contributed by atoms with Gasteiger partial charge >= 0.3 is 0 Å². The predicted molar refractivity (Wildman–Crippen MR) is 159 cm³/mol. The molecule has 5 rings (SSSR count). The van der Waals surface area contributed by atoms with Crippen LogP contribution in [0.2, 0.25) is 0 Å². The summed E-state index contributed by atoms with van der Waals surface area (Å²) in [5.74, 6) is 0.0927. The third kappa shape index (κ3) is 6.40. The highest BCUT2D eigenvalue weighted by atomic mass is 32.2. The molecule has 1 aliphatic rings. The second-order valence-electron chi connectivity index (χ2n) is 9.44. The van der Waals surface area contributed by atoms with Gasteiger partial charge in [0.1, 0.15) is 5.75 Å². The van der Waals surface area contributed by atoms with Gasteiger partial charge in [-0.25, -0.2) is 8.42 Å². The zero-order valence-corrected chi connectivity index (χ0v) is 23.3. The number of hydrogen-bond donors (Lipinski definition) is 2. The Labute approximate surface area is 239 Å². The van der Waals surface area contributed by atoms with Gasteiger partial charge in [-0.05, 0) is 66.7 Å². The number of anilines is 3. The molecule has 0 atom stereocenters. The van der Waals surface area contributed by atoms with Crippen LogP contribution in [0.15, 0.2) is 108 Å². The van der Waals surface area contributed by atoms with Gasteiger partial charge in [0.25, 0.3) is 11.8 Å². The van der Waals surface area contributed by atoms with E-state index in [0.29, 0.717) is 48.7 Å². The van der Waals surface area contributed by atoms with Crippen molar-refractivity contribution in [3.05, 3.63) is 114 Å². The van der Waals surface area contributed by atoms with E-state index in [9.17, 15) is 18.0 Å². The minimum atomic E-state index is -3.70. The fourth-order valence-electron chi connectivity index (χ4n) is 4.65. The topological polar surface area (TPSA) is 108 Å². The van der Waals surface area contributed by atoms with Crippen LogP contribution in [0.25, 0.3) is 0 Å². The van der Waals surface area contributed by atoms with Crippen LogP contribution in [0, 0.1) is 0 Å². The molecule has 0 unspecified atom stereocenters. The van der Waals surface area contributed by atoms with Gasteiger partial charge in [0.15, 0.2) is 0 Å². The Bertz CT molecular complexity index is 1630. The van der Waals surface area contributed by atoms with Gasteiger partial charge in [-0.1, -0.05) is 36.4 Å². The monoisotopic (exact) mass is 570 g/mol. The van der Waals surface area contributed by atoms with Gasteiger partial charge in [-0.3, -0.25) is 9.59 Å². The van der Waals surface area contributed by atoms with Crippen LogP contribution in [0.1, 0.15) is 20.7 Å². The molecule has 2 N–H and O–H groups in total. The fraction of sp³-hybridized carbons (Fsp3) is 0.161. The molecule has 0 bridgehead atoms. The lowest BCUT2D eigenvalue weighted by Gasteiger charge is -2.35. The van der Waals surface area contributed by atoms with Crippen molar-refractivity contribution in [3.63, 3.8) is 0 Å². The van der Waals surface area contributed by atoms with E-state index in [-0.39, 0.29) is 16.7 Å². The minimum absolute atomic E-state index is 0.159. The quantitative estimate of drug-likeness (QED) is 0.318. The SMILES string of the molecule is COc1ccccc1N1CCN(S(=O)(=O)c2ccc(NC(=O)c3cccc(NC(=O)c4ccccc4)c3)cc2)CC1. The third-order valence-electron chi connectivity index (χ3n) is 6.83. The van der Waals surface area contributed by atoms with Gasteiger partial charge in [0.05, 0.1) is 17.7 Å². The number of rotatable bonds is 8. The average Bonchev–Trinajstić information content (AvgIpc) is 3.02. The molecule has 4 aromatic carbocycles. The van der Waals surface area contributed by atoms with Crippen molar-refractivity contribution < 1.29 is 22.7 Å². The molecule has 41 heavy (non-hydrogen) atoms.